The van der Waals surface area contributed by atoms with Crippen molar-refractivity contribution >= 4 is 28.4 Å². The molecule has 0 aliphatic carbocycles. The van der Waals surface area contributed by atoms with Crippen LogP contribution in [0, 0.1) is 5.41 Å². The van der Waals surface area contributed by atoms with Gasteiger partial charge in [0.25, 0.3) is 0 Å². The minimum Gasteiger partial charge on any atom is -0.493 e. The van der Waals surface area contributed by atoms with Crippen molar-refractivity contribution in [1.82, 2.24) is 20.2 Å². The largest absolute Gasteiger partial charge is 0.493 e. The lowest BCUT2D eigenvalue weighted by atomic mass is 9.91. The molecule has 182 valence electrons. The van der Waals surface area contributed by atoms with E-state index in [1.165, 1.54) is 6.33 Å². The molecular weight excluding hydrogens is 448 g/mol. The number of hydrogen-bond acceptors (Lipinski definition) is 7. The van der Waals surface area contributed by atoms with Gasteiger partial charge < -0.3 is 19.5 Å². The number of carbonyl (C=O) groups is 1. The number of urea groups is 1. The summed E-state index contributed by atoms with van der Waals surface area (Å²) in [6.45, 7) is 6.40. The molecule has 0 atom stereocenters. The van der Waals surface area contributed by atoms with Crippen LogP contribution in [0.3, 0.4) is 0 Å². The Bertz CT molecular complexity index is 1350. The number of nitrogens with one attached hydrogen (secondary N) is 3. The van der Waals surface area contributed by atoms with Gasteiger partial charge in [-0.15, -0.1) is 0 Å². The van der Waals surface area contributed by atoms with E-state index >= 15 is 0 Å². The van der Waals surface area contributed by atoms with E-state index in [0.29, 0.717) is 45.5 Å². The molecular formula is C25H28N6O4. The Kier molecular flexibility index (Phi) is 6.72. The number of rotatable bonds is 7. The normalized spacial score (nSPS) is 11.2. The standard InChI is InChI=1S/C25H28N6O4/c1-25(2,3)13-16-10-22(31-30-16)29-24(32)28-15-7-6-8-17(9-15)35-23-18-11-20(33-4)21(34-5)12-19(18)26-14-27-23/h6-12,14H,13H2,1-5H3,(H3,28,29,30,31,32). The fraction of sp³-hybridized carbons (Fsp3) is 0.280. The van der Waals surface area contributed by atoms with Crippen molar-refractivity contribution in [3.8, 4) is 23.1 Å². The van der Waals surface area contributed by atoms with Crippen LogP contribution >= 0.6 is 0 Å². The highest BCUT2D eigenvalue weighted by Crippen LogP contribution is 2.36. The second-order valence-electron chi connectivity index (χ2n) is 9.12. The Morgan fingerprint density at radius 2 is 1.77 bits per heavy atom. The molecule has 4 rings (SSSR count). The molecule has 0 fully saturated rings. The molecule has 4 aromatic rings. The topological polar surface area (TPSA) is 123 Å². The Balaban J connectivity index is 1.47. The van der Waals surface area contributed by atoms with E-state index in [1.54, 1.807) is 50.6 Å². The van der Waals surface area contributed by atoms with Crippen LogP contribution in [0.4, 0.5) is 16.3 Å². The molecule has 2 aromatic heterocycles. The molecule has 0 saturated heterocycles. The SMILES string of the molecule is COc1cc2ncnc(Oc3cccc(NC(=O)Nc4cc(CC(C)(C)C)n[nH]4)c3)c2cc1OC. The van der Waals surface area contributed by atoms with Crippen molar-refractivity contribution in [2.45, 2.75) is 27.2 Å². The maximum absolute atomic E-state index is 12.5. The van der Waals surface area contributed by atoms with E-state index in [1.807, 2.05) is 6.07 Å². The van der Waals surface area contributed by atoms with Crippen LogP contribution < -0.4 is 24.8 Å². The number of nitrogens with zero attached hydrogens (tertiary/aromatic N) is 3. The summed E-state index contributed by atoms with van der Waals surface area (Å²) in [5.41, 5.74) is 2.18. The molecule has 35 heavy (non-hydrogen) atoms. The highest BCUT2D eigenvalue weighted by Gasteiger charge is 2.15. The van der Waals surface area contributed by atoms with Gasteiger partial charge in [0.05, 0.1) is 30.8 Å². The molecule has 3 N–H and O–H groups in total. The Morgan fingerprint density at radius 3 is 2.51 bits per heavy atom. The van der Waals surface area contributed by atoms with Gasteiger partial charge in [-0.05, 0) is 30.0 Å². The zero-order chi connectivity index (χ0) is 25.0. The van der Waals surface area contributed by atoms with Crippen LogP contribution in [0.5, 0.6) is 23.1 Å². The Morgan fingerprint density at radius 1 is 1.00 bits per heavy atom. The van der Waals surface area contributed by atoms with Gasteiger partial charge in [-0.1, -0.05) is 26.8 Å². The number of amides is 2. The van der Waals surface area contributed by atoms with Crippen molar-refractivity contribution in [2.24, 2.45) is 5.41 Å². The molecule has 10 heteroatoms. The molecule has 10 nitrogen and oxygen atoms in total. The predicted molar refractivity (Wildman–Crippen MR) is 134 cm³/mol. The number of aromatic nitrogens is 4. The molecule has 0 radical (unpaired) electrons. The van der Waals surface area contributed by atoms with E-state index in [2.05, 4.69) is 51.6 Å². The van der Waals surface area contributed by atoms with Crippen molar-refractivity contribution in [3.63, 3.8) is 0 Å². The van der Waals surface area contributed by atoms with Crippen LogP contribution in [0.1, 0.15) is 26.5 Å². The third kappa shape index (κ3) is 5.97. The van der Waals surface area contributed by atoms with E-state index in [4.69, 9.17) is 14.2 Å². The van der Waals surface area contributed by atoms with E-state index in [0.717, 1.165) is 12.1 Å². The number of fused-ring (bicyclic) bond motifs is 1. The lowest BCUT2D eigenvalue weighted by Gasteiger charge is -2.15. The summed E-state index contributed by atoms with van der Waals surface area (Å²) in [5, 5.41) is 13.3. The summed E-state index contributed by atoms with van der Waals surface area (Å²) in [6, 6.07) is 11.9. The average Bonchev–Trinajstić information content (AvgIpc) is 3.23. The number of carbonyl (C=O) groups excluding carboxylic acids is 1. The number of methoxy groups -OCH3 is 2. The third-order valence-corrected chi connectivity index (χ3v) is 5.00. The van der Waals surface area contributed by atoms with Crippen molar-refractivity contribution in [2.75, 3.05) is 24.9 Å². The van der Waals surface area contributed by atoms with Gasteiger partial charge in [0.1, 0.15) is 17.9 Å². The van der Waals surface area contributed by atoms with Gasteiger partial charge in [-0.3, -0.25) is 10.4 Å². The molecule has 2 amide bonds. The predicted octanol–water partition coefficient (Wildman–Crippen LogP) is 5.40. The number of H-pyrrole nitrogens is 1. The first-order valence-corrected chi connectivity index (χ1v) is 11.0. The second kappa shape index (κ2) is 9.88. The summed E-state index contributed by atoms with van der Waals surface area (Å²) in [6.07, 6.45) is 2.21. The number of anilines is 2. The van der Waals surface area contributed by atoms with Crippen LogP contribution in [0.25, 0.3) is 10.9 Å². The molecule has 0 saturated carbocycles. The van der Waals surface area contributed by atoms with E-state index in [-0.39, 0.29) is 5.41 Å². The summed E-state index contributed by atoms with van der Waals surface area (Å²) in [5.74, 6) is 2.46. The van der Waals surface area contributed by atoms with Gasteiger partial charge in [0.15, 0.2) is 11.5 Å². The zero-order valence-corrected chi connectivity index (χ0v) is 20.3. The first kappa shape index (κ1) is 23.8. The third-order valence-electron chi connectivity index (χ3n) is 5.00. The number of benzene rings is 2. The fourth-order valence-electron chi connectivity index (χ4n) is 3.54. The average molecular weight is 477 g/mol. The molecule has 0 spiro atoms. The van der Waals surface area contributed by atoms with Crippen LogP contribution in [-0.4, -0.2) is 40.4 Å². The number of aromatic amines is 1. The fourth-order valence-corrected chi connectivity index (χ4v) is 3.54. The number of hydrogen-bond donors (Lipinski definition) is 3. The molecule has 0 aliphatic heterocycles. The highest BCUT2D eigenvalue weighted by atomic mass is 16.5. The number of ether oxygens (including phenoxy) is 3. The van der Waals surface area contributed by atoms with Gasteiger partial charge in [0.2, 0.25) is 5.88 Å². The molecule has 2 heterocycles. The summed E-state index contributed by atoms with van der Waals surface area (Å²) in [4.78, 5) is 21.0. The maximum Gasteiger partial charge on any atom is 0.324 e. The minimum atomic E-state index is -0.405. The van der Waals surface area contributed by atoms with Crippen molar-refractivity contribution in [3.05, 3.63) is 54.5 Å². The smallest absolute Gasteiger partial charge is 0.324 e. The Labute approximate surface area is 203 Å². The molecule has 0 aliphatic rings. The zero-order valence-electron chi connectivity index (χ0n) is 20.3. The quantitative estimate of drug-likeness (QED) is 0.326. The summed E-state index contributed by atoms with van der Waals surface area (Å²) >= 11 is 0. The first-order chi connectivity index (χ1) is 16.7. The van der Waals surface area contributed by atoms with Gasteiger partial charge in [0, 0.05) is 23.9 Å². The lowest BCUT2D eigenvalue weighted by molar-refractivity contribution is 0.262. The minimum absolute atomic E-state index is 0.0986. The molecule has 0 unspecified atom stereocenters. The van der Waals surface area contributed by atoms with E-state index < -0.39 is 6.03 Å². The second-order valence-corrected chi connectivity index (χ2v) is 9.12. The molecule has 0 bridgehead atoms. The van der Waals surface area contributed by atoms with Crippen molar-refractivity contribution < 1.29 is 19.0 Å². The van der Waals surface area contributed by atoms with Crippen LogP contribution in [0.15, 0.2) is 48.8 Å². The first-order valence-electron chi connectivity index (χ1n) is 11.0. The van der Waals surface area contributed by atoms with Crippen molar-refractivity contribution in [1.29, 1.82) is 0 Å². The van der Waals surface area contributed by atoms with Gasteiger partial charge in [-0.25, -0.2) is 14.8 Å². The maximum atomic E-state index is 12.5. The Hall–Kier alpha value is -4.34. The van der Waals surface area contributed by atoms with Gasteiger partial charge >= 0.3 is 6.03 Å². The highest BCUT2D eigenvalue weighted by molar-refractivity contribution is 5.99. The van der Waals surface area contributed by atoms with Gasteiger partial charge in [-0.2, -0.15) is 5.10 Å². The summed E-state index contributed by atoms with van der Waals surface area (Å²) < 4.78 is 16.7. The molecule has 2 aromatic carbocycles. The summed E-state index contributed by atoms with van der Waals surface area (Å²) in [7, 11) is 3.12. The van der Waals surface area contributed by atoms with E-state index in [9.17, 15) is 4.79 Å². The lowest BCUT2D eigenvalue weighted by Crippen LogP contribution is -2.19. The van der Waals surface area contributed by atoms with Crippen LogP contribution in [-0.2, 0) is 6.42 Å². The van der Waals surface area contributed by atoms with Crippen LogP contribution in [0.2, 0.25) is 0 Å². The monoisotopic (exact) mass is 476 g/mol.